The maximum absolute atomic E-state index is 8.25. The second kappa shape index (κ2) is 9.27. The molecule has 0 radical (unpaired) electrons. The van der Waals surface area contributed by atoms with Gasteiger partial charge >= 0.3 is 23.7 Å². The number of hydrogen-bond acceptors (Lipinski definition) is 2. The van der Waals surface area contributed by atoms with Gasteiger partial charge in [0.25, 0.3) is 0 Å². The second-order valence-electron chi connectivity index (χ2n) is 3.70. The summed E-state index contributed by atoms with van der Waals surface area (Å²) in [6.07, 6.45) is 3.72. The molecule has 0 aliphatic heterocycles. The molecule has 0 N–H and O–H groups in total. The van der Waals surface area contributed by atoms with Crippen LogP contribution >= 0.6 is 0 Å². The molecular weight excluding hydrogens is 272 g/mol. The molecule has 0 aliphatic carbocycles. The molecular formula is C16H14O2Ti. The van der Waals surface area contributed by atoms with Crippen LogP contribution in [0.15, 0.2) is 54.6 Å². The van der Waals surface area contributed by atoms with Crippen LogP contribution < -0.4 is 4.74 Å². The molecule has 0 aliphatic rings. The van der Waals surface area contributed by atoms with Crippen LogP contribution in [0, 0.1) is 12.0 Å². The van der Waals surface area contributed by atoms with E-state index in [1.807, 2.05) is 48.5 Å². The van der Waals surface area contributed by atoms with E-state index in [-0.39, 0.29) is 0 Å². The molecule has 0 amide bonds. The Labute approximate surface area is 125 Å². The molecule has 0 spiro atoms. The Bertz CT molecular complexity index is 556. The molecule has 0 atom stereocenters. The van der Waals surface area contributed by atoms with E-state index in [2.05, 4.69) is 25.0 Å². The van der Waals surface area contributed by atoms with Crippen LogP contribution in [0.1, 0.15) is 18.1 Å². The van der Waals surface area contributed by atoms with E-state index in [1.54, 1.807) is 0 Å². The average Bonchev–Trinajstić information content (AvgIpc) is 2.51. The van der Waals surface area contributed by atoms with Gasteiger partial charge in [0.05, 0.1) is 0 Å². The summed E-state index contributed by atoms with van der Waals surface area (Å²) in [4.78, 5) is 0. The maximum atomic E-state index is 8.25. The molecule has 2 aromatic carbocycles. The van der Waals surface area contributed by atoms with E-state index in [9.17, 15) is 0 Å². The fourth-order valence-electron chi connectivity index (χ4n) is 1.49. The Morgan fingerprint density at radius 1 is 1.05 bits per heavy atom. The van der Waals surface area contributed by atoms with Crippen LogP contribution in [0.5, 0.6) is 5.75 Å². The molecule has 3 heteroatoms. The van der Waals surface area contributed by atoms with Gasteiger partial charge in [0.1, 0.15) is 11.9 Å². The van der Waals surface area contributed by atoms with Crippen molar-refractivity contribution in [3.8, 4) is 17.8 Å². The third-order valence-corrected chi connectivity index (χ3v) is 2.44. The minimum absolute atomic E-state index is 0.750. The van der Waals surface area contributed by atoms with E-state index >= 15 is 0 Å². The number of aryl methyl sites for hydroxylation is 1. The SMILES string of the molecule is CCc1cccc(OC#Cc2ccccc2)c1.[O]=[Ti]. The first-order valence-electron chi connectivity index (χ1n) is 5.91. The van der Waals surface area contributed by atoms with Gasteiger partial charge in [-0.1, -0.05) is 37.3 Å². The number of rotatable bonds is 2. The summed E-state index contributed by atoms with van der Waals surface area (Å²) in [5.41, 5.74) is 2.21. The van der Waals surface area contributed by atoms with Gasteiger partial charge in [-0.2, -0.15) is 0 Å². The molecule has 2 rings (SSSR count). The third kappa shape index (κ3) is 5.65. The van der Waals surface area contributed by atoms with Crippen molar-refractivity contribution in [1.82, 2.24) is 0 Å². The number of benzene rings is 2. The van der Waals surface area contributed by atoms with Crippen molar-refractivity contribution in [2.45, 2.75) is 13.3 Å². The van der Waals surface area contributed by atoms with Crippen LogP contribution in [0.4, 0.5) is 0 Å². The van der Waals surface area contributed by atoms with Gasteiger partial charge < -0.3 is 4.74 Å². The summed E-state index contributed by atoms with van der Waals surface area (Å²) < 4.78 is 13.6. The van der Waals surface area contributed by atoms with E-state index in [0.29, 0.717) is 0 Å². The van der Waals surface area contributed by atoms with Gasteiger partial charge in [-0.05, 0) is 42.2 Å². The van der Waals surface area contributed by atoms with Crippen molar-refractivity contribution in [2.75, 3.05) is 0 Å². The van der Waals surface area contributed by atoms with E-state index < -0.39 is 0 Å². The topological polar surface area (TPSA) is 26.3 Å². The van der Waals surface area contributed by atoms with Gasteiger partial charge in [-0.3, -0.25) is 0 Å². The predicted octanol–water partition coefficient (Wildman–Crippen LogP) is 3.52. The van der Waals surface area contributed by atoms with Gasteiger partial charge in [-0.15, -0.1) is 0 Å². The molecule has 0 saturated carbocycles. The van der Waals surface area contributed by atoms with Gasteiger partial charge in [-0.25, -0.2) is 0 Å². The Balaban J connectivity index is 0.000000861. The molecule has 2 nitrogen and oxygen atoms in total. The summed E-state index contributed by atoms with van der Waals surface area (Å²) in [7, 11) is 0. The van der Waals surface area contributed by atoms with Crippen molar-refractivity contribution >= 4 is 0 Å². The fourth-order valence-corrected chi connectivity index (χ4v) is 1.49. The first-order valence-corrected chi connectivity index (χ1v) is 6.54. The molecule has 0 fully saturated rings. The van der Waals surface area contributed by atoms with E-state index in [1.165, 1.54) is 5.56 Å². The Morgan fingerprint density at radius 2 is 1.79 bits per heavy atom. The summed E-state index contributed by atoms with van der Waals surface area (Å²) >= 11 is 0.750. The third-order valence-electron chi connectivity index (χ3n) is 2.44. The average molecular weight is 286 g/mol. The molecule has 2 aromatic rings. The van der Waals surface area contributed by atoms with Crippen molar-refractivity contribution in [3.63, 3.8) is 0 Å². The summed E-state index contributed by atoms with van der Waals surface area (Å²) in [5.74, 6) is 3.76. The zero-order chi connectivity index (χ0) is 13.9. The van der Waals surface area contributed by atoms with Crippen LogP contribution in [0.25, 0.3) is 0 Å². The zero-order valence-corrected chi connectivity index (χ0v) is 12.3. The van der Waals surface area contributed by atoms with Crippen LogP contribution in [-0.2, 0) is 30.1 Å². The molecule has 0 aromatic heterocycles. The van der Waals surface area contributed by atoms with Crippen LogP contribution in [0.2, 0.25) is 0 Å². The predicted molar refractivity (Wildman–Crippen MR) is 70.5 cm³/mol. The standard InChI is InChI=1S/C16H14O.O.Ti/c1-2-14-9-6-10-16(13-14)17-12-11-15-7-4-3-5-8-15;;/h3-10,13H,2H2,1H3;;. The Hall–Kier alpha value is -1.69. The summed E-state index contributed by atoms with van der Waals surface area (Å²) in [6, 6.07) is 17.8. The number of ether oxygens (including phenoxy) is 1. The molecule has 94 valence electrons. The fraction of sp³-hybridized carbons (Fsp3) is 0.125. The quantitative estimate of drug-likeness (QED) is 0.623. The van der Waals surface area contributed by atoms with E-state index in [0.717, 1.165) is 38.1 Å². The normalized spacial score (nSPS) is 8.42. The summed E-state index contributed by atoms with van der Waals surface area (Å²) in [5, 5.41) is 0. The molecule has 0 bridgehead atoms. The Morgan fingerprint density at radius 3 is 2.47 bits per heavy atom. The molecule has 0 unspecified atom stereocenters. The Kier molecular flexibility index (Phi) is 7.50. The molecule has 0 saturated heterocycles. The summed E-state index contributed by atoms with van der Waals surface area (Å²) in [6.45, 7) is 2.12. The monoisotopic (exact) mass is 286 g/mol. The van der Waals surface area contributed by atoms with Crippen LogP contribution in [-0.4, -0.2) is 0 Å². The van der Waals surface area contributed by atoms with Crippen molar-refractivity contribution in [3.05, 3.63) is 65.7 Å². The first kappa shape index (κ1) is 15.4. The van der Waals surface area contributed by atoms with E-state index in [4.69, 9.17) is 8.06 Å². The van der Waals surface area contributed by atoms with Crippen LogP contribution in [0.3, 0.4) is 0 Å². The van der Waals surface area contributed by atoms with Crippen molar-refractivity contribution in [2.24, 2.45) is 0 Å². The molecule has 19 heavy (non-hydrogen) atoms. The van der Waals surface area contributed by atoms with Crippen molar-refractivity contribution < 1.29 is 28.5 Å². The van der Waals surface area contributed by atoms with Crippen molar-refractivity contribution in [1.29, 1.82) is 0 Å². The van der Waals surface area contributed by atoms with Gasteiger partial charge in [0.2, 0.25) is 0 Å². The second-order valence-corrected chi connectivity index (χ2v) is 3.70. The molecule has 0 heterocycles. The number of hydrogen-bond donors (Lipinski definition) is 0. The minimum atomic E-state index is 0.750. The van der Waals surface area contributed by atoms with Gasteiger partial charge in [0.15, 0.2) is 0 Å². The first-order chi connectivity index (χ1) is 9.38. The zero-order valence-electron chi connectivity index (χ0n) is 10.7. The van der Waals surface area contributed by atoms with Gasteiger partial charge in [0, 0.05) is 5.56 Å².